The van der Waals surface area contributed by atoms with E-state index >= 15 is 0 Å². The summed E-state index contributed by atoms with van der Waals surface area (Å²) >= 11 is 0. The third kappa shape index (κ3) is 2.97. The SMILES string of the molecule is C=C(C)COc1ccc2c(c1)C1C=CCC1C(c1ccccc1C)N2. The van der Waals surface area contributed by atoms with E-state index in [4.69, 9.17) is 4.74 Å². The molecule has 3 unspecified atom stereocenters. The highest BCUT2D eigenvalue weighted by Crippen LogP contribution is 2.50. The highest BCUT2D eigenvalue weighted by molar-refractivity contribution is 5.62. The summed E-state index contributed by atoms with van der Waals surface area (Å²) in [6.07, 6.45) is 5.82. The molecule has 3 atom stereocenters. The van der Waals surface area contributed by atoms with Crippen LogP contribution in [0.2, 0.25) is 0 Å². The molecule has 25 heavy (non-hydrogen) atoms. The van der Waals surface area contributed by atoms with Crippen LogP contribution in [0, 0.1) is 12.8 Å². The molecule has 1 heterocycles. The number of allylic oxidation sites excluding steroid dienone is 2. The molecule has 0 aromatic heterocycles. The topological polar surface area (TPSA) is 21.3 Å². The lowest BCUT2D eigenvalue weighted by Gasteiger charge is -2.38. The van der Waals surface area contributed by atoms with Gasteiger partial charge < -0.3 is 10.1 Å². The first-order valence-corrected chi connectivity index (χ1v) is 9.03. The molecule has 0 bridgehead atoms. The van der Waals surface area contributed by atoms with Crippen molar-refractivity contribution in [2.45, 2.75) is 32.2 Å². The number of ether oxygens (including phenoxy) is 1. The van der Waals surface area contributed by atoms with Gasteiger partial charge in [0, 0.05) is 11.6 Å². The Morgan fingerprint density at radius 1 is 1.20 bits per heavy atom. The summed E-state index contributed by atoms with van der Waals surface area (Å²) in [4.78, 5) is 0. The third-order valence-electron chi connectivity index (χ3n) is 5.34. The lowest BCUT2D eigenvalue weighted by atomic mass is 9.76. The minimum atomic E-state index is 0.357. The van der Waals surface area contributed by atoms with Crippen LogP contribution in [0.1, 0.15) is 42.0 Å². The van der Waals surface area contributed by atoms with E-state index in [9.17, 15) is 0 Å². The quantitative estimate of drug-likeness (QED) is 0.717. The molecule has 0 radical (unpaired) electrons. The monoisotopic (exact) mass is 331 g/mol. The standard InChI is InChI=1S/C23H25NO/c1-15(2)14-25-17-11-12-22-21(13-17)19-9-6-10-20(19)23(24-22)18-8-5-4-7-16(18)3/h4-9,11-13,19-20,23-24H,1,10,14H2,2-3H3. The van der Waals surface area contributed by atoms with Crippen LogP contribution < -0.4 is 10.1 Å². The van der Waals surface area contributed by atoms with Crippen LogP contribution in [0.5, 0.6) is 5.75 Å². The van der Waals surface area contributed by atoms with E-state index in [0.717, 1.165) is 17.7 Å². The van der Waals surface area contributed by atoms with Gasteiger partial charge in [-0.15, -0.1) is 0 Å². The van der Waals surface area contributed by atoms with Gasteiger partial charge in [-0.25, -0.2) is 0 Å². The zero-order valence-electron chi connectivity index (χ0n) is 15.0. The van der Waals surface area contributed by atoms with Crippen LogP contribution in [0.15, 0.2) is 66.8 Å². The van der Waals surface area contributed by atoms with Crippen LogP contribution in [0.25, 0.3) is 0 Å². The fourth-order valence-electron chi connectivity index (χ4n) is 4.11. The molecule has 0 saturated carbocycles. The predicted octanol–water partition coefficient (Wildman–Crippen LogP) is 5.78. The Morgan fingerprint density at radius 2 is 2.04 bits per heavy atom. The number of benzene rings is 2. The largest absolute Gasteiger partial charge is 0.489 e. The second kappa shape index (κ2) is 6.44. The summed E-state index contributed by atoms with van der Waals surface area (Å²) in [7, 11) is 0. The molecular weight excluding hydrogens is 306 g/mol. The van der Waals surface area contributed by atoms with Crippen LogP contribution in [0.3, 0.4) is 0 Å². The zero-order chi connectivity index (χ0) is 17.4. The second-order valence-corrected chi connectivity index (χ2v) is 7.33. The van der Waals surface area contributed by atoms with E-state index < -0.39 is 0 Å². The van der Waals surface area contributed by atoms with Crippen LogP contribution in [-0.4, -0.2) is 6.61 Å². The molecule has 2 heteroatoms. The Balaban J connectivity index is 1.69. The van der Waals surface area contributed by atoms with Crippen molar-refractivity contribution in [3.05, 3.63) is 83.5 Å². The molecule has 2 aliphatic rings. The molecule has 1 aliphatic carbocycles. The van der Waals surface area contributed by atoms with Crippen LogP contribution >= 0.6 is 0 Å². The number of fused-ring (bicyclic) bond motifs is 3. The summed E-state index contributed by atoms with van der Waals surface area (Å²) in [6, 6.07) is 15.5. The first kappa shape index (κ1) is 16.0. The minimum absolute atomic E-state index is 0.357. The number of nitrogens with one attached hydrogen (secondary N) is 1. The van der Waals surface area contributed by atoms with Crippen molar-refractivity contribution < 1.29 is 4.74 Å². The van der Waals surface area contributed by atoms with Crippen molar-refractivity contribution in [1.82, 2.24) is 0 Å². The van der Waals surface area contributed by atoms with Crippen LogP contribution in [-0.2, 0) is 0 Å². The van der Waals surface area contributed by atoms with Gasteiger partial charge in [0.1, 0.15) is 12.4 Å². The van der Waals surface area contributed by atoms with Gasteiger partial charge >= 0.3 is 0 Å². The first-order valence-electron chi connectivity index (χ1n) is 9.03. The van der Waals surface area contributed by atoms with Gasteiger partial charge in [0.05, 0.1) is 6.04 Å². The number of aryl methyl sites for hydroxylation is 1. The van der Waals surface area contributed by atoms with Gasteiger partial charge in [-0.2, -0.15) is 0 Å². The maximum Gasteiger partial charge on any atom is 0.120 e. The highest BCUT2D eigenvalue weighted by atomic mass is 16.5. The molecule has 1 aliphatic heterocycles. The maximum absolute atomic E-state index is 5.86. The Kier molecular flexibility index (Phi) is 4.12. The molecule has 2 nitrogen and oxygen atoms in total. The summed E-state index contributed by atoms with van der Waals surface area (Å²) in [5.74, 6) is 1.94. The molecule has 0 saturated heterocycles. The molecule has 0 fully saturated rings. The van der Waals surface area contributed by atoms with Crippen molar-refractivity contribution in [3.8, 4) is 5.75 Å². The smallest absolute Gasteiger partial charge is 0.120 e. The van der Waals surface area contributed by atoms with E-state index in [2.05, 4.69) is 73.4 Å². The van der Waals surface area contributed by atoms with Gasteiger partial charge in [-0.3, -0.25) is 0 Å². The number of hydrogen-bond donors (Lipinski definition) is 1. The average molecular weight is 331 g/mol. The molecule has 2 aromatic carbocycles. The summed E-state index contributed by atoms with van der Waals surface area (Å²) in [5.41, 5.74) is 6.38. The van der Waals surface area contributed by atoms with Gasteiger partial charge in [-0.05, 0) is 66.6 Å². The van der Waals surface area contributed by atoms with E-state index in [1.165, 1.54) is 22.4 Å². The summed E-state index contributed by atoms with van der Waals surface area (Å²) < 4.78 is 5.86. The van der Waals surface area contributed by atoms with Crippen LogP contribution in [0.4, 0.5) is 5.69 Å². The second-order valence-electron chi connectivity index (χ2n) is 7.33. The fraction of sp³-hybridized carbons (Fsp3) is 0.304. The maximum atomic E-state index is 5.86. The minimum Gasteiger partial charge on any atom is -0.489 e. The number of rotatable bonds is 4. The molecule has 0 amide bonds. The Morgan fingerprint density at radius 3 is 2.84 bits per heavy atom. The third-order valence-corrected chi connectivity index (χ3v) is 5.34. The molecule has 0 spiro atoms. The Hall–Kier alpha value is -2.48. The van der Waals surface area contributed by atoms with Gasteiger partial charge in [0.25, 0.3) is 0 Å². The molecule has 4 rings (SSSR count). The average Bonchev–Trinajstić information content (AvgIpc) is 3.10. The predicted molar refractivity (Wildman–Crippen MR) is 104 cm³/mol. The molecular formula is C23H25NO. The van der Waals surface area contributed by atoms with Crippen molar-refractivity contribution in [2.24, 2.45) is 5.92 Å². The van der Waals surface area contributed by atoms with E-state index in [1.54, 1.807) is 0 Å². The Labute approximate surface area is 150 Å². The first-order chi connectivity index (χ1) is 12.1. The Bertz CT molecular complexity index is 836. The van der Waals surface area contributed by atoms with Gasteiger partial charge in [0.2, 0.25) is 0 Å². The van der Waals surface area contributed by atoms with E-state index in [1.807, 2.05) is 6.92 Å². The summed E-state index contributed by atoms with van der Waals surface area (Å²) in [5, 5.41) is 3.80. The normalized spacial score (nSPS) is 23.5. The van der Waals surface area contributed by atoms with Crippen molar-refractivity contribution in [1.29, 1.82) is 0 Å². The van der Waals surface area contributed by atoms with Crippen molar-refractivity contribution >= 4 is 5.69 Å². The van der Waals surface area contributed by atoms with Crippen molar-refractivity contribution in [3.63, 3.8) is 0 Å². The molecule has 128 valence electrons. The zero-order valence-corrected chi connectivity index (χ0v) is 15.0. The van der Waals surface area contributed by atoms with Gasteiger partial charge in [-0.1, -0.05) is 43.0 Å². The molecule has 1 N–H and O–H groups in total. The van der Waals surface area contributed by atoms with Crippen molar-refractivity contribution in [2.75, 3.05) is 11.9 Å². The number of hydrogen-bond acceptors (Lipinski definition) is 2. The lowest BCUT2D eigenvalue weighted by molar-refractivity contribution is 0.350. The lowest BCUT2D eigenvalue weighted by Crippen LogP contribution is -2.29. The number of anilines is 1. The molecule has 2 aromatic rings. The fourth-order valence-corrected chi connectivity index (χ4v) is 4.11. The van der Waals surface area contributed by atoms with E-state index in [0.29, 0.717) is 24.5 Å². The summed E-state index contributed by atoms with van der Waals surface area (Å²) in [6.45, 7) is 8.68. The van der Waals surface area contributed by atoms with Gasteiger partial charge in [0.15, 0.2) is 0 Å². The highest BCUT2D eigenvalue weighted by Gasteiger charge is 2.38. The van der Waals surface area contributed by atoms with E-state index in [-0.39, 0.29) is 0 Å².